The van der Waals surface area contributed by atoms with Crippen LogP contribution in [0, 0.1) is 0 Å². The summed E-state index contributed by atoms with van der Waals surface area (Å²) in [6.07, 6.45) is 0.861. The van der Waals surface area contributed by atoms with Gasteiger partial charge in [0.25, 0.3) is 0 Å². The van der Waals surface area contributed by atoms with Crippen molar-refractivity contribution in [3.05, 3.63) is 20.9 Å². The van der Waals surface area contributed by atoms with Crippen molar-refractivity contribution in [1.82, 2.24) is 0 Å². The van der Waals surface area contributed by atoms with E-state index in [1.165, 1.54) is 21.6 Å². The zero-order chi connectivity index (χ0) is 16.8. The monoisotopic (exact) mass is 432 g/mol. The zero-order valence-corrected chi connectivity index (χ0v) is 20.6. The fourth-order valence-corrected chi connectivity index (χ4v) is 4.65. The Bertz CT molecular complexity index is 435. The molecule has 16 heteroatoms. The Balaban J connectivity index is -0.00000220. The molecular formula is C8H14N6Na2O4S4. The van der Waals surface area contributed by atoms with Crippen molar-refractivity contribution in [3.63, 3.8) is 0 Å². The average molecular weight is 432 g/mol. The molecule has 0 aromatic heterocycles. The van der Waals surface area contributed by atoms with Gasteiger partial charge in [-0.05, 0) is 23.9 Å². The maximum atomic E-state index is 10.6. The van der Waals surface area contributed by atoms with Gasteiger partial charge in [-0.1, -0.05) is 54.0 Å². The number of hydrogen-bond acceptors (Lipinski definition) is 8. The molecule has 0 rings (SSSR count). The Labute approximate surface area is 197 Å². The Morgan fingerprint density at radius 1 is 0.875 bits per heavy atom. The molecule has 10 nitrogen and oxygen atoms in total. The van der Waals surface area contributed by atoms with Gasteiger partial charge in [0.2, 0.25) is 0 Å². The first kappa shape index (κ1) is 30.3. The van der Waals surface area contributed by atoms with Crippen LogP contribution in [-0.4, -0.2) is 52.6 Å². The molecule has 2 unspecified atom stereocenters. The average Bonchev–Trinajstić information content (AvgIpc) is 2.41. The van der Waals surface area contributed by atoms with Gasteiger partial charge in [0.05, 0.1) is 0 Å². The van der Waals surface area contributed by atoms with Gasteiger partial charge in [-0.15, -0.1) is 0 Å². The van der Waals surface area contributed by atoms with Crippen LogP contribution in [0.4, 0.5) is 0 Å². The molecule has 0 aliphatic carbocycles. The molecule has 0 aliphatic rings. The Morgan fingerprint density at radius 2 is 1.21 bits per heavy atom. The van der Waals surface area contributed by atoms with Crippen LogP contribution in [0.1, 0.15) is 12.8 Å². The Hall–Kier alpha value is 1.54. The van der Waals surface area contributed by atoms with E-state index >= 15 is 0 Å². The molecule has 24 heavy (non-hydrogen) atoms. The third-order valence-electron chi connectivity index (χ3n) is 2.24. The normalized spacial score (nSPS) is 14.6. The second-order valence-corrected chi connectivity index (χ2v) is 8.46. The maximum Gasteiger partial charge on any atom is 1.00 e. The van der Waals surface area contributed by atoms with E-state index in [1.54, 1.807) is 0 Å². The summed E-state index contributed by atoms with van der Waals surface area (Å²) >= 11 is -4.51. The molecule has 0 fully saturated rings. The summed E-state index contributed by atoms with van der Waals surface area (Å²) in [5, 5.41) is 6.82. The molecule has 0 bridgehead atoms. The van der Waals surface area contributed by atoms with Gasteiger partial charge in [-0.3, -0.25) is 8.42 Å². The minimum atomic E-state index is -2.26. The maximum absolute atomic E-state index is 10.6. The Kier molecular flexibility index (Phi) is 26.3. The molecule has 0 aromatic carbocycles. The van der Waals surface area contributed by atoms with Crippen molar-refractivity contribution < 1.29 is 76.6 Å². The van der Waals surface area contributed by atoms with E-state index in [-0.39, 0.29) is 70.6 Å². The molecule has 0 amide bonds. The van der Waals surface area contributed by atoms with Gasteiger partial charge in [-0.25, -0.2) is 0 Å². The fraction of sp³-hybridized carbons (Fsp3) is 1.00. The molecule has 0 aromatic rings. The quantitative estimate of drug-likeness (QED) is 0.0549. The first-order valence-corrected chi connectivity index (χ1v) is 10.9. The summed E-state index contributed by atoms with van der Waals surface area (Å²) in [5.74, 6) is 0.767. The van der Waals surface area contributed by atoms with Gasteiger partial charge in [0.1, 0.15) is 0 Å². The SMILES string of the molecule is [N-]=[N+]=N[C@H](CCSSCC[C@H](CS(=O)[O-])N=[N+]=[N-])CS(=O)[O-].[Na+].[Na+]. The summed E-state index contributed by atoms with van der Waals surface area (Å²) in [5.41, 5.74) is 16.7. The predicted octanol–water partition coefficient (Wildman–Crippen LogP) is -3.73. The summed E-state index contributed by atoms with van der Waals surface area (Å²) in [6.45, 7) is 0. The molecule has 0 N–H and O–H groups in total. The van der Waals surface area contributed by atoms with E-state index < -0.39 is 34.2 Å². The molecule has 4 atom stereocenters. The molecule has 0 saturated carbocycles. The van der Waals surface area contributed by atoms with Crippen LogP contribution in [0.25, 0.3) is 20.9 Å². The number of nitrogens with zero attached hydrogens (tertiary/aromatic N) is 6. The molecule has 126 valence electrons. The van der Waals surface area contributed by atoms with Crippen LogP contribution < -0.4 is 59.1 Å². The summed E-state index contributed by atoms with van der Waals surface area (Å²) in [6, 6.07) is -1.18. The van der Waals surface area contributed by atoms with Gasteiger partial charge in [-0.2, -0.15) is 0 Å². The van der Waals surface area contributed by atoms with Gasteiger partial charge >= 0.3 is 59.1 Å². The van der Waals surface area contributed by atoms with Crippen LogP contribution >= 0.6 is 21.6 Å². The van der Waals surface area contributed by atoms with Crippen molar-refractivity contribution in [3.8, 4) is 0 Å². The van der Waals surface area contributed by atoms with Crippen LogP contribution in [0.15, 0.2) is 10.2 Å². The van der Waals surface area contributed by atoms with Gasteiger partial charge < -0.3 is 9.11 Å². The van der Waals surface area contributed by atoms with Crippen molar-refractivity contribution >= 4 is 43.7 Å². The van der Waals surface area contributed by atoms with E-state index in [1.807, 2.05) is 0 Å². The largest absolute Gasteiger partial charge is 1.00 e. The second kappa shape index (κ2) is 20.8. The molecule has 0 radical (unpaired) electrons. The molecule has 0 aliphatic heterocycles. The van der Waals surface area contributed by atoms with Crippen LogP contribution in [-0.2, 0) is 22.2 Å². The minimum absolute atomic E-state index is 0. The standard InChI is InChI=1S/C8H16N6O4S4.2Na/c9-13-11-7(5-21(15)16)1-3-19-20-4-2-8(12-14-10)6-22(17)18;;/h7-8H,1-6H2,(H,15,16)(H,17,18);;/q;2*+1/p-2/t7-,8-;;/m1../s1. The molecular weight excluding hydrogens is 418 g/mol. The summed E-state index contributed by atoms with van der Waals surface area (Å²) in [7, 11) is 2.91. The van der Waals surface area contributed by atoms with Crippen molar-refractivity contribution in [2.45, 2.75) is 24.9 Å². The number of hydrogen-bond donors (Lipinski definition) is 0. The van der Waals surface area contributed by atoms with Crippen molar-refractivity contribution in [2.24, 2.45) is 10.2 Å². The van der Waals surface area contributed by atoms with Crippen molar-refractivity contribution in [1.29, 1.82) is 0 Å². The zero-order valence-electron chi connectivity index (χ0n) is 13.3. The first-order chi connectivity index (χ1) is 10.5. The minimum Gasteiger partial charge on any atom is -0.772 e. The van der Waals surface area contributed by atoms with E-state index in [9.17, 15) is 17.5 Å². The second-order valence-electron chi connectivity index (χ2n) is 3.88. The van der Waals surface area contributed by atoms with E-state index in [0.717, 1.165) is 0 Å². The van der Waals surface area contributed by atoms with Crippen LogP contribution in [0.2, 0.25) is 0 Å². The molecule has 0 heterocycles. The first-order valence-electron chi connectivity index (χ1n) is 5.94. The third-order valence-corrected chi connectivity index (χ3v) is 6.02. The van der Waals surface area contributed by atoms with Crippen LogP contribution in [0.3, 0.4) is 0 Å². The van der Waals surface area contributed by atoms with Gasteiger partial charge in [0, 0.05) is 44.9 Å². The summed E-state index contributed by atoms with van der Waals surface area (Å²) < 4.78 is 42.2. The summed E-state index contributed by atoms with van der Waals surface area (Å²) in [4.78, 5) is 5.21. The predicted molar refractivity (Wildman–Crippen MR) is 87.6 cm³/mol. The molecule has 0 saturated heterocycles. The smallest absolute Gasteiger partial charge is 0.772 e. The Morgan fingerprint density at radius 3 is 1.46 bits per heavy atom. The molecule has 0 spiro atoms. The van der Waals surface area contributed by atoms with E-state index in [4.69, 9.17) is 11.1 Å². The number of rotatable bonds is 13. The third kappa shape index (κ3) is 19.9. The van der Waals surface area contributed by atoms with Crippen LogP contribution in [0.5, 0.6) is 0 Å². The van der Waals surface area contributed by atoms with E-state index in [0.29, 0.717) is 24.3 Å². The van der Waals surface area contributed by atoms with E-state index in [2.05, 4.69) is 20.1 Å². The fourth-order valence-electron chi connectivity index (χ4n) is 1.30. The van der Waals surface area contributed by atoms with Gasteiger partial charge in [0.15, 0.2) is 0 Å². The van der Waals surface area contributed by atoms with Crippen molar-refractivity contribution in [2.75, 3.05) is 23.0 Å². The topological polar surface area (TPSA) is 178 Å². The number of azide groups is 2.